The van der Waals surface area contributed by atoms with Gasteiger partial charge in [-0.25, -0.2) is 4.98 Å². The smallest absolute Gasteiger partial charge is 0.254 e. The highest BCUT2D eigenvalue weighted by atomic mass is 16.3. The number of likely N-dealkylation sites (tertiary alicyclic amines) is 1. The van der Waals surface area contributed by atoms with Gasteiger partial charge in [0.1, 0.15) is 5.69 Å². The highest BCUT2D eigenvalue weighted by Crippen LogP contribution is 2.30. The van der Waals surface area contributed by atoms with E-state index in [0.717, 1.165) is 36.8 Å². The lowest BCUT2D eigenvalue weighted by molar-refractivity contribution is 0.0709. The van der Waals surface area contributed by atoms with Gasteiger partial charge in [0, 0.05) is 24.4 Å². The van der Waals surface area contributed by atoms with Gasteiger partial charge < -0.3 is 9.32 Å². The fourth-order valence-corrected chi connectivity index (χ4v) is 4.23. The van der Waals surface area contributed by atoms with Gasteiger partial charge in [0.2, 0.25) is 0 Å². The Kier molecular flexibility index (Phi) is 4.60. The molecule has 4 nitrogen and oxygen atoms in total. The van der Waals surface area contributed by atoms with Crippen LogP contribution in [-0.4, -0.2) is 28.9 Å². The zero-order valence-corrected chi connectivity index (χ0v) is 16.1. The minimum absolute atomic E-state index is 0.0667. The second kappa shape index (κ2) is 7.55. The first kappa shape index (κ1) is 17.7. The van der Waals surface area contributed by atoms with Gasteiger partial charge in [0.15, 0.2) is 5.76 Å². The number of nitrogens with zero attached hydrogens (tertiary/aromatic N) is 2. The van der Waals surface area contributed by atoms with Crippen LogP contribution in [0.3, 0.4) is 0 Å². The Balaban J connectivity index is 1.52. The third-order valence-electron chi connectivity index (χ3n) is 5.70. The van der Waals surface area contributed by atoms with Crippen LogP contribution in [0.1, 0.15) is 34.7 Å². The molecule has 0 aliphatic carbocycles. The molecule has 1 atom stereocenters. The van der Waals surface area contributed by atoms with Gasteiger partial charge >= 0.3 is 0 Å². The molecular weight excluding hydrogens is 360 g/mol. The molecule has 0 saturated carbocycles. The van der Waals surface area contributed by atoms with Crippen molar-refractivity contribution >= 4 is 16.8 Å². The molecule has 144 valence electrons. The minimum Gasteiger partial charge on any atom is -0.463 e. The maximum absolute atomic E-state index is 13.6. The van der Waals surface area contributed by atoms with Gasteiger partial charge in [-0.05, 0) is 42.7 Å². The van der Waals surface area contributed by atoms with Crippen LogP contribution in [0, 0.1) is 0 Å². The Morgan fingerprint density at radius 3 is 2.66 bits per heavy atom. The van der Waals surface area contributed by atoms with E-state index in [9.17, 15) is 4.79 Å². The quantitative estimate of drug-likeness (QED) is 0.469. The number of fused-ring (bicyclic) bond motifs is 1. The summed E-state index contributed by atoms with van der Waals surface area (Å²) in [4.78, 5) is 20.3. The molecule has 0 radical (unpaired) electrons. The first-order valence-electron chi connectivity index (χ1n) is 10.1. The van der Waals surface area contributed by atoms with E-state index in [1.165, 1.54) is 5.56 Å². The van der Waals surface area contributed by atoms with Crippen molar-refractivity contribution in [3.05, 3.63) is 90.2 Å². The zero-order valence-electron chi connectivity index (χ0n) is 16.1. The summed E-state index contributed by atoms with van der Waals surface area (Å²) in [6.07, 6.45) is 3.75. The third kappa shape index (κ3) is 3.42. The summed E-state index contributed by atoms with van der Waals surface area (Å²) in [7, 11) is 0. The summed E-state index contributed by atoms with van der Waals surface area (Å²) in [5.74, 6) is 1.12. The summed E-state index contributed by atoms with van der Waals surface area (Å²) in [6.45, 7) is 1.53. The molecule has 1 aliphatic heterocycles. The highest BCUT2D eigenvalue weighted by Gasteiger charge is 2.27. The highest BCUT2D eigenvalue weighted by molar-refractivity contribution is 6.07. The monoisotopic (exact) mass is 382 g/mol. The second-order valence-corrected chi connectivity index (χ2v) is 7.55. The number of carbonyl (C=O) groups is 1. The first-order valence-corrected chi connectivity index (χ1v) is 10.1. The summed E-state index contributed by atoms with van der Waals surface area (Å²) in [5.41, 5.74) is 3.49. The number of furan rings is 1. The number of rotatable bonds is 3. The molecule has 0 spiro atoms. The van der Waals surface area contributed by atoms with Crippen molar-refractivity contribution in [1.29, 1.82) is 0 Å². The number of amides is 1. The molecule has 29 heavy (non-hydrogen) atoms. The van der Waals surface area contributed by atoms with Crippen molar-refractivity contribution in [3.63, 3.8) is 0 Å². The van der Waals surface area contributed by atoms with E-state index < -0.39 is 0 Å². The van der Waals surface area contributed by atoms with E-state index in [2.05, 4.69) is 24.3 Å². The third-order valence-corrected chi connectivity index (χ3v) is 5.70. The molecule has 2 aromatic carbocycles. The van der Waals surface area contributed by atoms with Crippen molar-refractivity contribution in [3.8, 4) is 11.5 Å². The molecule has 0 N–H and O–H groups in total. The van der Waals surface area contributed by atoms with Gasteiger partial charge in [-0.15, -0.1) is 0 Å². The van der Waals surface area contributed by atoms with E-state index in [0.29, 0.717) is 22.9 Å². The molecule has 1 saturated heterocycles. The average molecular weight is 382 g/mol. The number of benzene rings is 2. The zero-order chi connectivity index (χ0) is 19.6. The van der Waals surface area contributed by atoms with E-state index >= 15 is 0 Å². The molecule has 2 aromatic heterocycles. The normalized spacial score (nSPS) is 16.8. The largest absolute Gasteiger partial charge is 0.463 e. The lowest BCUT2D eigenvalue weighted by Gasteiger charge is -2.33. The van der Waals surface area contributed by atoms with Crippen molar-refractivity contribution in [2.75, 3.05) is 13.1 Å². The van der Waals surface area contributed by atoms with Crippen LogP contribution >= 0.6 is 0 Å². The molecular formula is C25H22N2O2. The molecule has 1 fully saturated rings. The van der Waals surface area contributed by atoms with E-state index in [-0.39, 0.29) is 5.91 Å². The van der Waals surface area contributed by atoms with Crippen molar-refractivity contribution in [2.24, 2.45) is 0 Å². The van der Waals surface area contributed by atoms with Crippen molar-refractivity contribution < 1.29 is 9.21 Å². The summed E-state index contributed by atoms with van der Waals surface area (Å²) in [6, 6.07) is 23.9. The molecule has 1 aliphatic rings. The van der Waals surface area contributed by atoms with E-state index in [1.807, 2.05) is 53.4 Å². The lowest BCUT2D eigenvalue weighted by atomic mass is 9.90. The molecule has 4 aromatic rings. The Hall–Kier alpha value is -3.40. The van der Waals surface area contributed by atoms with Crippen LogP contribution in [0.4, 0.5) is 0 Å². The molecule has 5 rings (SSSR count). The summed E-state index contributed by atoms with van der Waals surface area (Å²) in [5, 5.41) is 0.884. The number of piperidine rings is 1. The van der Waals surface area contributed by atoms with Crippen LogP contribution in [0.25, 0.3) is 22.4 Å². The molecule has 1 amide bonds. The molecule has 4 heteroatoms. The topological polar surface area (TPSA) is 46.3 Å². The van der Waals surface area contributed by atoms with Gasteiger partial charge in [-0.1, -0.05) is 48.5 Å². The standard InChI is InChI=1S/C25H22N2O2/c28-25(27-14-6-10-19(17-27)18-8-2-1-3-9-18)21-16-23(24-13-7-15-29-24)26-22-12-5-4-11-20(21)22/h1-5,7-9,11-13,15-16,19H,6,10,14,17H2. The van der Waals surface area contributed by atoms with Crippen molar-refractivity contribution in [1.82, 2.24) is 9.88 Å². The van der Waals surface area contributed by atoms with Gasteiger partial charge in [-0.3, -0.25) is 4.79 Å². The SMILES string of the molecule is O=C(c1cc(-c2ccco2)nc2ccccc12)N1CCCC(c2ccccc2)C1. The van der Waals surface area contributed by atoms with Crippen LogP contribution in [0.15, 0.2) is 83.5 Å². The van der Waals surface area contributed by atoms with Gasteiger partial charge in [-0.2, -0.15) is 0 Å². The Morgan fingerprint density at radius 1 is 1.00 bits per heavy atom. The predicted molar refractivity (Wildman–Crippen MR) is 114 cm³/mol. The Labute approximate surface area is 169 Å². The van der Waals surface area contributed by atoms with Crippen LogP contribution < -0.4 is 0 Å². The number of hydrogen-bond acceptors (Lipinski definition) is 3. The minimum atomic E-state index is 0.0667. The van der Waals surface area contributed by atoms with E-state index in [1.54, 1.807) is 6.26 Å². The van der Waals surface area contributed by atoms with Gasteiger partial charge in [0.05, 0.1) is 17.3 Å². The maximum atomic E-state index is 13.6. The average Bonchev–Trinajstić information content (AvgIpc) is 3.34. The first-order chi connectivity index (χ1) is 14.3. The second-order valence-electron chi connectivity index (χ2n) is 7.55. The molecule has 0 bridgehead atoms. The molecule has 1 unspecified atom stereocenters. The van der Waals surface area contributed by atoms with Gasteiger partial charge in [0.25, 0.3) is 5.91 Å². The molecule has 3 heterocycles. The predicted octanol–water partition coefficient (Wildman–Crippen LogP) is 5.51. The van der Waals surface area contributed by atoms with Crippen LogP contribution in [0.2, 0.25) is 0 Å². The maximum Gasteiger partial charge on any atom is 0.254 e. The summed E-state index contributed by atoms with van der Waals surface area (Å²) < 4.78 is 5.54. The lowest BCUT2D eigenvalue weighted by Crippen LogP contribution is -2.39. The fourth-order valence-electron chi connectivity index (χ4n) is 4.23. The Morgan fingerprint density at radius 2 is 1.83 bits per heavy atom. The Bertz CT molecular complexity index is 1140. The fraction of sp³-hybridized carbons (Fsp3) is 0.200. The number of carbonyl (C=O) groups excluding carboxylic acids is 1. The summed E-state index contributed by atoms with van der Waals surface area (Å²) >= 11 is 0. The number of pyridine rings is 1. The van der Waals surface area contributed by atoms with E-state index in [4.69, 9.17) is 9.40 Å². The van der Waals surface area contributed by atoms with Crippen LogP contribution in [-0.2, 0) is 0 Å². The number of para-hydroxylation sites is 1. The number of aromatic nitrogens is 1. The van der Waals surface area contributed by atoms with Crippen LogP contribution in [0.5, 0.6) is 0 Å². The number of hydrogen-bond donors (Lipinski definition) is 0. The van der Waals surface area contributed by atoms with Crippen molar-refractivity contribution in [2.45, 2.75) is 18.8 Å².